The SMILES string of the molecule is N#Cc1ccccc1OCC(=O)OCc1cccc(COC(=O)COc2ccccc2C#N)c1. The Balaban J connectivity index is 1.42. The topological polar surface area (TPSA) is 119 Å². The van der Waals surface area contributed by atoms with Gasteiger partial charge in [-0.1, -0.05) is 42.5 Å². The van der Waals surface area contributed by atoms with Crippen molar-refractivity contribution in [1.82, 2.24) is 0 Å². The number of hydrogen-bond acceptors (Lipinski definition) is 8. The molecule has 0 N–H and O–H groups in total. The van der Waals surface area contributed by atoms with E-state index in [0.717, 1.165) is 0 Å². The number of nitrogens with zero attached hydrogens (tertiary/aromatic N) is 2. The summed E-state index contributed by atoms with van der Waals surface area (Å²) in [5, 5.41) is 18.1. The van der Waals surface area contributed by atoms with Gasteiger partial charge in [-0.15, -0.1) is 0 Å². The number of ether oxygens (including phenoxy) is 4. The number of hydrogen-bond donors (Lipinski definition) is 0. The molecule has 34 heavy (non-hydrogen) atoms. The van der Waals surface area contributed by atoms with E-state index in [1.165, 1.54) is 0 Å². The third-order valence-electron chi connectivity index (χ3n) is 4.50. The number of benzene rings is 3. The van der Waals surface area contributed by atoms with Crippen LogP contribution < -0.4 is 9.47 Å². The Labute approximate surface area is 196 Å². The molecule has 0 heterocycles. The second-order valence-corrected chi connectivity index (χ2v) is 6.93. The van der Waals surface area contributed by atoms with Crippen molar-refractivity contribution in [3.63, 3.8) is 0 Å². The highest BCUT2D eigenvalue weighted by Crippen LogP contribution is 2.17. The van der Waals surface area contributed by atoms with Crippen molar-refractivity contribution in [2.45, 2.75) is 13.2 Å². The Hall–Kier alpha value is -4.82. The van der Waals surface area contributed by atoms with Crippen LogP contribution in [-0.2, 0) is 32.3 Å². The number of carbonyl (C=O) groups excluding carboxylic acids is 2. The van der Waals surface area contributed by atoms with Gasteiger partial charge in [0.1, 0.15) is 36.9 Å². The molecule has 0 radical (unpaired) electrons. The number of esters is 2. The van der Waals surface area contributed by atoms with Crippen LogP contribution in [-0.4, -0.2) is 25.2 Å². The smallest absolute Gasteiger partial charge is 0.344 e. The molecule has 3 aromatic rings. The molecule has 8 nitrogen and oxygen atoms in total. The van der Waals surface area contributed by atoms with Crippen molar-refractivity contribution in [2.75, 3.05) is 13.2 Å². The zero-order valence-electron chi connectivity index (χ0n) is 18.1. The van der Waals surface area contributed by atoms with Crippen LogP contribution in [0.15, 0.2) is 72.8 Å². The monoisotopic (exact) mass is 456 g/mol. The molecular weight excluding hydrogens is 436 g/mol. The first-order chi connectivity index (χ1) is 16.6. The highest BCUT2D eigenvalue weighted by Gasteiger charge is 2.10. The van der Waals surface area contributed by atoms with Crippen LogP contribution in [0.3, 0.4) is 0 Å². The molecule has 3 aromatic carbocycles. The van der Waals surface area contributed by atoms with E-state index in [1.807, 2.05) is 12.1 Å². The van der Waals surface area contributed by atoms with E-state index in [2.05, 4.69) is 0 Å². The van der Waals surface area contributed by atoms with Gasteiger partial charge in [0.25, 0.3) is 0 Å². The maximum atomic E-state index is 12.0. The molecule has 0 amide bonds. The second-order valence-electron chi connectivity index (χ2n) is 6.93. The summed E-state index contributed by atoms with van der Waals surface area (Å²) in [6.07, 6.45) is 0. The van der Waals surface area contributed by atoms with Gasteiger partial charge < -0.3 is 18.9 Å². The van der Waals surface area contributed by atoms with Crippen molar-refractivity contribution < 1.29 is 28.5 Å². The summed E-state index contributed by atoms with van der Waals surface area (Å²) in [6, 6.07) is 24.2. The minimum absolute atomic E-state index is 0.0118. The van der Waals surface area contributed by atoms with Crippen molar-refractivity contribution >= 4 is 11.9 Å². The molecule has 0 saturated carbocycles. The third kappa shape index (κ3) is 7.11. The molecule has 0 unspecified atom stereocenters. The van der Waals surface area contributed by atoms with E-state index in [0.29, 0.717) is 33.8 Å². The van der Waals surface area contributed by atoms with Crippen LogP contribution in [0.2, 0.25) is 0 Å². The van der Waals surface area contributed by atoms with Crippen LogP contribution in [0.4, 0.5) is 0 Å². The predicted octanol–water partition coefficient (Wildman–Crippen LogP) is 3.67. The highest BCUT2D eigenvalue weighted by atomic mass is 16.6. The number of para-hydroxylation sites is 2. The lowest BCUT2D eigenvalue weighted by Gasteiger charge is -2.10. The first kappa shape index (κ1) is 23.8. The van der Waals surface area contributed by atoms with E-state index >= 15 is 0 Å². The summed E-state index contributed by atoms with van der Waals surface area (Å²) in [4.78, 5) is 24.0. The average Bonchev–Trinajstić information content (AvgIpc) is 2.88. The predicted molar refractivity (Wildman–Crippen MR) is 119 cm³/mol. The van der Waals surface area contributed by atoms with Gasteiger partial charge >= 0.3 is 11.9 Å². The molecular formula is C26H20N2O6. The summed E-state index contributed by atoms with van der Waals surface area (Å²) in [5.74, 6) is -0.546. The van der Waals surface area contributed by atoms with E-state index in [1.54, 1.807) is 72.8 Å². The Kier molecular flexibility index (Phi) is 8.61. The van der Waals surface area contributed by atoms with E-state index < -0.39 is 11.9 Å². The number of rotatable bonds is 10. The number of nitriles is 2. The minimum Gasteiger partial charge on any atom is -0.481 e. The molecule has 0 aliphatic rings. The normalized spacial score (nSPS) is 9.82. The third-order valence-corrected chi connectivity index (χ3v) is 4.50. The average molecular weight is 456 g/mol. The van der Waals surface area contributed by atoms with Gasteiger partial charge in [-0.25, -0.2) is 9.59 Å². The summed E-state index contributed by atoms with van der Waals surface area (Å²) >= 11 is 0. The summed E-state index contributed by atoms with van der Waals surface area (Å²) < 4.78 is 21.1. The standard InChI is InChI=1S/C26H20N2O6/c27-13-21-8-1-3-10-23(21)31-17-25(29)33-15-19-6-5-7-20(12-19)16-34-26(30)18-32-24-11-4-2-9-22(24)14-28/h1-12H,15-18H2. The van der Waals surface area contributed by atoms with Crippen LogP contribution in [0.5, 0.6) is 11.5 Å². The summed E-state index contributed by atoms with van der Waals surface area (Å²) in [7, 11) is 0. The Morgan fingerprint density at radius 2 is 1.09 bits per heavy atom. The van der Waals surface area contributed by atoms with Crippen LogP contribution in [0.1, 0.15) is 22.3 Å². The van der Waals surface area contributed by atoms with Gasteiger partial charge in [-0.3, -0.25) is 0 Å². The largest absolute Gasteiger partial charge is 0.481 e. The van der Waals surface area contributed by atoms with Crippen LogP contribution in [0.25, 0.3) is 0 Å². The van der Waals surface area contributed by atoms with Gasteiger partial charge in [0.05, 0.1) is 11.1 Å². The molecule has 170 valence electrons. The molecule has 0 spiro atoms. The lowest BCUT2D eigenvalue weighted by molar-refractivity contribution is -0.147. The van der Waals surface area contributed by atoms with Gasteiger partial charge in [0.2, 0.25) is 0 Å². The zero-order chi connectivity index (χ0) is 24.2. The highest BCUT2D eigenvalue weighted by molar-refractivity contribution is 5.71. The Bertz CT molecular complexity index is 1150. The maximum absolute atomic E-state index is 12.0. The van der Waals surface area contributed by atoms with Gasteiger partial charge in [0.15, 0.2) is 13.2 Å². The zero-order valence-corrected chi connectivity index (χ0v) is 18.1. The van der Waals surface area contributed by atoms with Crippen molar-refractivity contribution in [3.8, 4) is 23.6 Å². The maximum Gasteiger partial charge on any atom is 0.344 e. The van der Waals surface area contributed by atoms with Crippen LogP contribution in [0, 0.1) is 22.7 Å². The molecule has 0 atom stereocenters. The van der Waals surface area contributed by atoms with Crippen molar-refractivity contribution in [2.24, 2.45) is 0 Å². The summed E-state index contributed by atoms with van der Waals surface area (Å²) in [5.41, 5.74) is 2.08. The molecule has 8 heteroatoms. The van der Waals surface area contributed by atoms with Gasteiger partial charge in [-0.2, -0.15) is 10.5 Å². The minimum atomic E-state index is -0.584. The Morgan fingerprint density at radius 3 is 1.53 bits per heavy atom. The molecule has 0 saturated heterocycles. The molecule has 0 aliphatic heterocycles. The van der Waals surface area contributed by atoms with E-state index in [4.69, 9.17) is 29.5 Å². The summed E-state index contributed by atoms with van der Waals surface area (Å²) in [6.45, 7) is -0.633. The quantitative estimate of drug-likeness (QED) is 0.424. The van der Waals surface area contributed by atoms with Crippen LogP contribution >= 0.6 is 0 Å². The fraction of sp³-hybridized carbons (Fsp3) is 0.154. The second kappa shape index (κ2) is 12.3. The molecule has 0 fully saturated rings. The fourth-order valence-corrected chi connectivity index (χ4v) is 2.86. The molecule has 0 bridgehead atoms. The molecule has 0 aromatic heterocycles. The fourth-order valence-electron chi connectivity index (χ4n) is 2.86. The molecule has 0 aliphatic carbocycles. The van der Waals surface area contributed by atoms with E-state index in [-0.39, 0.29) is 26.4 Å². The lowest BCUT2D eigenvalue weighted by Crippen LogP contribution is -2.16. The Morgan fingerprint density at radius 1 is 0.647 bits per heavy atom. The van der Waals surface area contributed by atoms with Gasteiger partial charge in [-0.05, 0) is 41.5 Å². The lowest BCUT2D eigenvalue weighted by atomic mass is 10.1. The van der Waals surface area contributed by atoms with Crippen molar-refractivity contribution in [3.05, 3.63) is 95.1 Å². The first-order valence-corrected chi connectivity index (χ1v) is 10.2. The van der Waals surface area contributed by atoms with Crippen molar-refractivity contribution in [1.29, 1.82) is 10.5 Å². The molecule has 3 rings (SSSR count). The number of carbonyl (C=O) groups is 2. The van der Waals surface area contributed by atoms with E-state index in [9.17, 15) is 9.59 Å². The van der Waals surface area contributed by atoms with Gasteiger partial charge in [0, 0.05) is 0 Å². The first-order valence-electron chi connectivity index (χ1n) is 10.2.